The van der Waals surface area contributed by atoms with Gasteiger partial charge in [-0.3, -0.25) is 0 Å². The third-order valence-corrected chi connectivity index (χ3v) is 2.46. The fourth-order valence-corrected chi connectivity index (χ4v) is 1.53. The Kier molecular flexibility index (Phi) is 5.54. The van der Waals surface area contributed by atoms with Gasteiger partial charge >= 0.3 is 5.97 Å². The highest BCUT2D eigenvalue weighted by atomic mass is 16.5. The fourth-order valence-electron chi connectivity index (χ4n) is 1.53. The van der Waals surface area contributed by atoms with Crippen molar-refractivity contribution in [3.8, 4) is 0 Å². The van der Waals surface area contributed by atoms with Gasteiger partial charge in [0.15, 0.2) is 0 Å². The summed E-state index contributed by atoms with van der Waals surface area (Å²) in [5, 5.41) is 21.3. The summed E-state index contributed by atoms with van der Waals surface area (Å²) >= 11 is 0. The number of carbonyl (C=O) groups is 1. The molecule has 0 aromatic carbocycles. The first-order chi connectivity index (χ1) is 8.54. The Morgan fingerprint density at radius 2 is 2.28 bits per heavy atom. The summed E-state index contributed by atoms with van der Waals surface area (Å²) in [7, 11) is 1.53. The van der Waals surface area contributed by atoms with Crippen molar-refractivity contribution >= 4 is 11.8 Å². The summed E-state index contributed by atoms with van der Waals surface area (Å²) in [6, 6.07) is 3.12. The van der Waals surface area contributed by atoms with Gasteiger partial charge in [0.2, 0.25) is 0 Å². The molecule has 0 amide bonds. The third-order valence-electron chi connectivity index (χ3n) is 2.46. The van der Waals surface area contributed by atoms with Crippen LogP contribution in [0.3, 0.4) is 0 Å². The van der Waals surface area contributed by atoms with Crippen molar-refractivity contribution in [2.24, 2.45) is 0 Å². The number of aliphatic hydroxyl groups excluding tert-OH is 1. The van der Waals surface area contributed by atoms with Crippen LogP contribution in [0, 0.1) is 6.92 Å². The molecular weight excluding hydrogens is 236 g/mol. The van der Waals surface area contributed by atoms with Crippen LogP contribution < -0.4 is 5.32 Å². The SMILES string of the molecule is COCC(O)CCNc1ccc(C(=O)O)c(C)n1. The smallest absolute Gasteiger partial charge is 0.337 e. The quantitative estimate of drug-likeness (QED) is 0.669. The maximum Gasteiger partial charge on any atom is 0.337 e. The highest BCUT2D eigenvalue weighted by Crippen LogP contribution is 2.10. The van der Waals surface area contributed by atoms with Crippen molar-refractivity contribution in [2.75, 3.05) is 25.6 Å². The topological polar surface area (TPSA) is 91.7 Å². The molecule has 0 aliphatic carbocycles. The molecule has 0 aliphatic rings. The van der Waals surface area contributed by atoms with Crippen molar-refractivity contribution in [3.05, 3.63) is 23.4 Å². The highest BCUT2D eigenvalue weighted by molar-refractivity contribution is 5.89. The number of carboxylic acids is 1. The van der Waals surface area contributed by atoms with E-state index in [2.05, 4.69) is 10.3 Å². The van der Waals surface area contributed by atoms with Crippen LogP contribution in [0.4, 0.5) is 5.82 Å². The number of nitrogens with one attached hydrogen (secondary N) is 1. The second-order valence-electron chi connectivity index (χ2n) is 3.96. The second kappa shape index (κ2) is 6.93. The van der Waals surface area contributed by atoms with E-state index in [1.807, 2.05) is 0 Å². The zero-order valence-electron chi connectivity index (χ0n) is 10.5. The number of carboxylic acid groups (broad SMARTS) is 1. The number of aromatic carboxylic acids is 1. The molecule has 0 fully saturated rings. The number of anilines is 1. The molecule has 18 heavy (non-hydrogen) atoms. The molecule has 1 atom stereocenters. The van der Waals surface area contributed by atoms with Crippen molar-refractivity contribution in [1.29, 1.82) is 0 Å². The molecule has 1 unspecified atom stereocenters. The van der Waals surface area contributed by atoms with Crippen molar-refractivity contribution < 1.29 is 19.7 Å². The molecule has 0 aliphatic heterocycles. The number of nitrogens with zero attached hydrogens (tertiary/aromatic N) is 1. The molecular formula is C12H18N2O4. The van der Waals surface area contributed by atoms with Gasteiger partial charge < -0.3 is 20.3 Å². The van der Waals surface area contributed by atoms with Crippen LogP contribution in [-0.4, -0.2) is 47.5 Å². The number of methoxy groups -OCH3 is 1. The van der Waals surface area contributed by atoms with E-state index in [0.717, 1.165) is 0 Å². The maximum absolute atomic E-state index is 10.8. The van der Waals surface area contributed by atoms with Crippen LogP contribution in [0.5, 0.6) is 0 Å². The van der Waals surface area contributed by atoms with Crippen molar-refractivity contribution in [1.82, 2.24) is 4.98 Å². The Labute approximate surface area is 106 Å². The number of aliphatic hydroxyl groups is 1. The summed E-state index contributed by atoms with van der Waals surface area (Å²) in [6.07, 6.45) is 0.0248. The maximum atomic E-state index is 10.8. The van der Waals surface area contributed by atoms with Crippen molar-refractivity contribution in [2.45, 2.75) is 19.4 Å². The second-order valence-corrected chi connectivity index (χ2v) is 3.96. The summed E-state index contributed by atoms with van der Waals surface area (Å²) in [4.78, 5) is 14.9. The molecule has 0 spiro atoms. The predicted octanol–water partition coefficient (Wildman–Crippen LogP) is 0.898. The van der Waals surface area contributed by atoms with Gasteiger partial charge in [0.1, 0.15) is 5.82 Å². The summed E-state index contributed by atoms with van der Waals surface area (Å²) < 4.78 is 4.81. The van der Waals surface area contributed by atoms with Gasteiger partial charge in [-0.15, -0.1) is 0 Å². The first-order valence-corrected chi connectivity index (χ1v) is 5.66. The third kappa shape index (κ3) is 4.31. The van der Waals surface area contributed by atoms with E-state index in [9.17, 15) is 9.90 Å². The van der Waals surface area contributed by atoms with Crippen LogP contribution in [0.2, 0.25) is 0 Å². The van der Waals surface area contributed by atoms with Crippen LogP contribution in [0.15, 0.2) is 12.1 Å². The number of hydrogen-bond donors (Lipinski definition) is 3. The normalized spacial score (nSPS) is 12.2. The van der Waals surface area contributed by atoms with Gasteiger partial charge in [0, 0.05) is 13.7 Å². The molecule has 100 valence electrons. The molecule has 6 heteroatoms. The number of aryl methyl sites for hydroxylation is 1. The largest absolute Gasteiger partial charge is 0.478 e. The Morgan fingerprint density at radius 1 is 1.56 bits per heavy atom. The molecule has 1 aromatic rings. The summed E-state index contributed by atoms with van der Waals surface area (Å²) in [5.74, 6) is -0.385. The van der Waals surface area contributed by atoms with Gasteiger partial charge in [-0.2, -0.15) is 0 Å². The Balaban J connectivity index is 2.49. The van der Waals surface area contributed by atoms with Crippen molar-refractivity contribution in [3.63, 3.8) is 0 Å². The molecule has 0 radical (unpaired) electrons. The van der Waals surface area contributed by atoms with E-state index < -0.39 is 12.1 Å². The van der Waals surface area contributed by atoms with Gasteiger partial charge in [-0.1, -0.05) is 0 Å². The summed E-state index contributed by atoms with van der Waals surface area (Å²) in [5.41, 5.74) is 0.657. The van der Waals surface area contributed by atoms with E-state index >= 15 is 0 Å². The minimum absolute atomic E-state index is 0.194. The zero-order chi connectivity index (χ0) is 13.5. The van der Waals surface area contributed by atoms with E-state index in [1.54, 1.807) is 13.0 Å². The average Bonchev–Trinajstić information content (AvgIpc) is 2.29. The minimum Gasteiger partial charge on any atom is -0.478 e. The van der Waals surface area contributed by atoms with E-state index in [0.29, 0.717) is 31.1 Å². The average molecular weight is 254 g/mol. The predicted molar refractivity (Wildman–Crippen MR) is 66.9 cm³/mol. The molecule has 1 heterocycles. The molecule has 1 aromatic heterocycles. The lowest BCUT2D eigenvalue weighted by Crippen LogP contribution is -2.18. The van der Waals surface area contributed by atoms with Gasteiger partial charge in [-0.25, -0.2) is 9.78 Å². The Morgan fingerprint density at radius 3 is 2.83 bits per heavy atom. The Hall–Kier alpha value is -1.66. The lowest BCUT2D eigenvalue weighted by Gasteiger charge is -2.11. The molecule has 0 saturated heterocycles. The van der Waals surface area contributed by atoms with E-state index in [-0.39, 0.29) is 5.56 Å². The van der Waals surface area contributed by atoms with Crippen LogP contribution in [0.25, 0.3) is 0 Å². The van der Waals surface area contributed by atoms with Crippen LogP contribution in [0.1, 0.15) is 22.5 Å². The van der Waals surface area contributed by atoms with Crippen LogP contribution in [-0.2, 0) is 4.74 Å². The molecule has 3 N–H and O–H groups in total. The fraction of sp³-hybridized carbons (Fsp3) is 0.500. The standard InChI is InChI=1S/C12H18N2O4/c1-8-10(12(16)17)3-4-11(14-8)13-6-5-9(15)7-18-2/h3-4,9,15H,5-7H2,1-2H3,(H,13,14)(H,16,17). The molecule has 6 nitrogen and oxygen atoms in total. The van der Waals surface area contributed by atoms with Gasteiger partial charge in [-0.05, 0) is 25.5 Å². The van der Waals surface area contributed by atoms with E-state index in [1.165, 1.54) is 13.2 Å². The monoisotopic (exact) mass is 254 g/mol. The minimum atomic E-state index is -0.984. The molecule has 0 saturated carbocycles. The summed E-state index contributed by atoms with van der Waals surface area (Å²) in [6.45, 7) is 2.49. The highest BCUT2D eigenvalue weighted by Gasteiger charge is 2.08. The van der Waals surface area contributed by atoms with Crippen LogP contribution >= 0.6 is 0 Å². The number of aromatic nitrogens is 1. The zero-order valence-corrected chi connectivity index (χ0v) is 10.5. The number of rotatable bonds is 7. The van der Waals surface area contributed by atoms with Gasteiger partial charge in [0.05, 0.1) is 24.0 Å². The number of pyridine rings is 1. The molecule has 1 rings (SSSR count). The number of ether oxygens (including phenoxy) is 1. The molecule has 0 bridgehead atoms. The Bertz CT molecular complexity index is 409. The lowest BCUT2D eigenvalue weighted by molar-refractivity contribution is 0.0615. The lowest BCUT2D eigenvalue weighted by atomic mass is 10.2. The van der Waals surface area contributed by atoms with E-state index in [4.69, 9.17) is 9.84 Å². The number of hydrogen-bond acceptors (Lipinski definition) is 5. The first kappa shape index (κ1) is 14.4. The first-order valence-electron chi connectivity index (χ1n) is 5.66. The van der Waals surface area contributed by atoms with Gasteiger partial charge in [0.25, 0.3) is 0 Å².